The third-order valence-electron chi connectivity index (χ3n) is 5.83. The summed E-state index contributed by atoms with van der Waals surface area (Å²) in [6.07, 6.45) is 1.39. The number of amides is 3. The predicted octanol–water partition coefficient (Wildman–Crippen LogP) is 4.13. The number of anilines is 1. The fourth-order valence-corrected chi connectivity index (χ4v) is 5.65. The maximum Gasteiger partial charge on any atom is 0.270 e. The number of aromatic nitrogens is 1. The molecule has 2 N–H and O–H groups in total. The fourth-order valence-electron chi connectivity index (χ4n) is 4.14. The van der Waals surface area contributed by atoms with Gasteiger partial charge in [-0.25, -0.2) is 4.98 Å². The summed E-state index contributed by atoms with van der Waals surface area (Å²) >= 11 is 2.65. The summed E-state index contributed by atoms with van der Waals surface area (Å²) in [7, 11) is 0. The minimum absolute atomic E-state index is 0.0699. The third kappa shape index (κ3) is 4.34. The average Bonchev–Trinajstić information content (AvgIpc) is 3.63. The number of likely N-dealkylation sites (tertiary alicyclic amines) is 1. The number of fused-ring (bicyclic) bond motifs is 1. The van der Waals surface area contributed by atoms with Gasteiger partial charge in [0.25, 0.3) is 5.91 Å². The number of para-hydroxylation sites is 1. The molecule has 1 fully saturated rings. The molecule has 0 saturated carbocycles. The van der Waals surface area contributed by atoms with Crippen LogP contribution in [0.5, 0.6) is 0 Å². The molecular formula is C24H22N4O4S2. The lowest BCUT2D eigenvalue weighted by atomic mass is 10.2. The van der Waals surface area contributed by atoms with Crippen LogP contribution in [0.1, 0.15) is 28.9 Å². The standard InChI is InChI=1S/C24H22N4O4S2/c25-22(30)17-6-3-10-27(17)21(29)9-11-28(23(31)20-8-4-12-33-20)24-26-16(14-34-24)19-13-15-5-1-2-7-18(15)32-19/h1-2,4-5,7-8,12-14,17H,3,6,9-11H2,(H2,25,30). The zero-order valence-electron chi connectivity index (χ0n) is 18.2. The first kappa shape index (κ1) is 22.3. The average molecular weight is 495 g/mol. The Bertz CT molecular complexity index is 1310. The van der Waals surface area contributed by atoms with Crippen LogP contribution in [0, 0.1) is 0 Å². The van der Waals surface area contributed by atoms with Gasteiger partial charge in [0.15, 0.2) is 10.9 Å². The highest BCUT2D eigenvalue weighted by Gasteiger charge is 2.33. The quantitative estimate of drug-likeness (QED) is 0.415. The van der Waals surface area contributed by atoms with Crippen molar-refractivity contribution in [3.8, 4) is 11.5 Å². The molecule has 34 heavy (non-hydrogen) atoms. The summed E-state index contributed by atoms with van der Waals surface area (Å²) in [6, 6.07) is 12.6. The Morgan fingerprint density at radius 1 is 1.18 bits per heavy atom. The van der Waals surface area contributed by atoms with Crippen LogP contribution in [0.2, 0.25) is 0 Å². The van der Waals surface area contributed by atoms with E-state index >= 15 is 0 Å². The fraction of sp³-hybridized carbons (Fsp3) is 0.250. The SMILES string of the molecule is NC(=O)C1CCCN1C(=O)CCN(C(=O)c1cccs1)c1nc(-c2cc3ccccc3o2)cs1. The van der Waals surface area contributed by atoms with Gasteiger partial charge in [-0.15, -0.1) is 22.7 Å². The number of carbonyl (C=O) groups excluding carboxylic acids is 3. The normalized spacial score (nSPS) is 15.6. The Morgan fingerprint density at radius 2 is 2.03 bits per heavy atom. The molecule has 1 aliphatic rings. The van der Waals surface area contributed by atoms with Crippen molar-refractivity contribution < 1.29 is 18.8 Å². The summed E-state index contributed by atoms with van der Waals surface area (Å²) in [6.45, 7) is 0.642. The van der Waals surface area contributed by atoms with Crippen molar-refractivity contribution in [2.45, 2.75) is 25.3 Å². The van der Waals surface area contributed by atoms with Gasteiger partial charge in [-0.05, 0) is 36.4 Å². The Kier molecular flexibility index (Phi) is 6.16. The number of thiophene rings is 1. The maximum atomic E-state index is 13.3. The molecule has 8 nitrogen and oxygen atoms in total. The Hall–Kier alpha value is -3.50. The largest absolute Gasteiger partial charge is 0.454 e. The molecule has 1 unspecified atom stereocenters. The van der Waals surface area contributed by atoms with Gasteiger partial charge in [0, 0.05) is 30.3 Å². The van der Waals surface area contributed by atoms with Gasteiger partial charge in [-0.1, -0.05) is 24.3 Å². The van der Waals surface area contributed by atoms with E-state index in [4.69, 9.17) is 10.2 Å². The van der Waals surface area contributed by atoms with E-state index in [1.165, 1.54) is 32.5 Å². The lowest BCUT2D eigenvalue weighted by Crippen LogP contribution is -2.45. The molecule has 1 aromatic carbocycles. The molecule has 4 heterocycles. The van der Waals surface area contributed by atoms with Crippen LogP contribution in [0.4, 0.5) is 5.13 Å². The molecule has 4 aromatic rings. The summed E-state index contributed by atoms with van der Waals surface area (Å²) in [5.74, 6) is -0.294. The van der Waals surface area contributed by atoms with Crippen molar-refractivity contribution >= 4 is 56.5 Å². The van der Waals surface area contributed by atoms with Crippen LogP contribution in [0.25, 0.3) is 22.4 Å². The smallest absolute Gasteiger partial charge is 0.270 e. The second-order valence-electron chi connectivity index (χ2n) is 8.00. The van der Waals surface area contributed by atoms with Crippen LogP contribution in [0.15, 0.2) is 57.6 Å². The lowest BCUT2D eigenvalue weighted by Gasteiger charge is -2.24. The molecule has 0 bridgehead atoms. The number of primary amides is 1. The summed E-state index contributed by atoms with van der Waals surface area (Å²) < 4.78 is 5.92. The van der Waals surface area contributed by atoms with Crippen molar-refractivity contribution in [3.05, 3.63) is 58.1 Å². The monoisotopic (exact) mass is 494 g/mol. The molecule has 1 aliphatic heterocycles. The molecular weight excluding hydrogens is 472 g/mol. The van der Waals surface area contributed by atoms with Gasteiger partial charge >= 0.3 is 0 Å². The van der Waals surface area contributed by atoms with Gasteiger partial charge in [0.1, 0.15) is 17.3 Å². The number of hydrogen-bond donors (Lipinski definition) is 1. The van der Waals surface area contributed by atoms with Crippen LogP contribution >= 0.6 is 22.7 Å². The van der Waals surface area contributed by atoms with Crippen molar-refractivity contribution in [1.82, 2.24) is 9.88 Å². The predicted molar refractivity (Wildman–Crippen MR) is 132 cm³/mol. The van der Waals surface area contributed by atoms with Crippen molar-refractivity contribution in [2.75, 3.05) is 18.0 Å². The van der Waals surface area contributed by atoms with Crippen molar-refractivity contribution in [1.29, 1.82) is 0 Å². The van der Waals surface area contributed by atoms with Gasteiger partial charge < -0.3 is 15.1 Å². The molecule has 174 valence electrons. The number of carbonyl (C=O) groups is 3. The first-order valence-electron chi connectivity index (χ1n) is 10.9. The number of rotatable bonds is 7. The summed E-state index contributed by atoms with van der Waals surface area (Å²) in [5.41, 5.74) is 6.85. The second kappa shape index (κ2) is 9.40. The third-order valence-corrected chi connectivity index (χ3v) is 7.55. The van der Waals surface area contributed by atoms with E-state index in [0.29, 0.717) is 34.4 Å². The molecule has 0 spiro atoms. The van der Waals surface area contributed by atoms with Crippen LogP contribution in [-0.2, 0) is 9.59 Å². The Balaban J connectivity index is 1.39. The highest BCUT2D eigenvalue weighted by atomic mass is 32.1. The highest BCUT2D eigenvalue weighted by Crippen LogP contribution is 2.32. The van der Waals surface area contributed by atoms with Gasteiger partial charge in [0.2, 0.25) is 11.8 Å². The number of nitrogens with two attached hydrogens (primary N) is 1. The number of benzene rings is 1. The molecule has 0 aliphatic carbocycles. The number of nitrogens with zero attached hydrogens (tertiary/aromatic N) is 3. The lowest BCUT2D eigenvalue weighted by molar-refractivity contribution is -0.137. The van der Waals surface area contributed by atoms with Crippen LogP contribution < -0.4 is 10.6 Å². The van der Waals surface area contributed by atoms with Crippen molar-refractivity contribution in [2.24, 2.45) is 5.73 Å². The molecule has 5 rings (SSSR count). The summed E-state index contributed by atoms with van der Waals surface area (Å²) in [5, 5.41) is 5.13. The molecule has 10 heteroatoms. The minimum Gasteiger partial charge on any atom is -0.454 e. The Labute approximate surface area is 203 Å². The van der Waals surface area contributed by atoms with Gasteiger partial charge in [-0.2, -0.15) is 0 Å². The first-order chi connectivity index (χ1) is 16.5. The zero-order chi connectivity index (χ0) is 23.7. The van der Waals surface area contributed by atoms with E-state index in [1.807, 2.05) is 47.2 Å². The van der Waals surface area contributed by atoms with E-state index < -0.39 is 11.9 Å². The maximum absolute atomic E-state index is 13.3. The van der Waals surface area contributed by atoms with E-state index in [-0.39, 0.29) is 24.8 Å². The van der Waals surface area contributed by atoms with Crippen molar-refractivity contribution in [3.63, 3.8) is 0 Å². The van der Waals surface area contributed by atoms with Gasteiger partial charge in [0.05, 0.1) is 4.88 Å². The number of furan rings is 1. The van der Waals surface area contributed by atoms with Gasteiger partial charge in [-0.3, -0.25) is 19.3 Å². The number of hydrogen-bond acceptors (Lipinski definition) is 7. The van der Waals surface area contributed by atoms with Crippen LogP contribution in [-0.4, -0.2) is 46.7 Å². The molecule has 3 amide bonds. The van der Waals surface area contributed by atoms with E-state index in [1.54, 1.807) is 6.07 Å². The second-order valence-corrected chi connectivity index (χ2v) is 9.78. The Morgan fingerprint density at radius 3 is 2.79 bits per heavy atom. The molecule has 1 atom stereocenters. The van der Waals surface area contributed by atoms with Crippen LogP contribution in [0.3, 0.4) is 0 Å². The topological polar surface area (TPSA) is 110 Å². The first-order valence-corrected chi connectivity index (χ1v) is 12.7. The zero-order valence-corrected chi connectivity index (χ0v) is 19.8. The highest BCUT2D eigenvalue weighted by molar-refractivity contribution is 7.14. The van der Waals surface area contributed by atoms with E-state index in [2.05, 4.69) is 4.98 Å². The van der Waals surface area contributed by atoms with E-state index in [9.17, 15) is 14.4 Å². The van der Waals surface area contributed by atoms with E-state index in [0.717, 1.165) is 17.4 Å². The molecule has 1 saturated heterocycles. The number of thiazole rings is 1. The molecule has 0 radical (unpaired) electrons. The molecule has 3 aromatic heterocycles. The summed E-state index contributed by atoms with van der Waals surface area (Å²) in [4.78, 5) is 46.1. The minimum atomic E-state index is -0.575.